The molecule has 26 heavy (non-hydrogen) atoms. The van der Waals surface area contributed by atoms with Gasteiger partial charge in [-0.3, -0.25) is 9.47 Å². The average molecular weight is 352 g/mol. The Morgan fingerprint density at radius 1 is 1.15 bits per heavy atom. The van der Waals surface area contributed by atoms with E-state index in [0.29, 0.717) is 24.8 Å². The summed E-state index contributed by atoms with van der Waals surface area (Å²) in [6.07, 6.45) is 2.44. The van der Waals surface area contributed by atoms with E-state index in [2.05, 4.69) is 17.0 Å². The lowest BCUT2D eigenvalue weighted by Gasteiger charge is -2.23. The van der Waals surface area contributed by atoms with E-state index >= 15 is 0 Å². The summed E-state index contributed by atoms with van der Waals surface area (Å²) in [5.74, 6) is 0.670. The molecule has 1 aliphatic rings. The van der Waals surface area contributed by atoms with Gasteiger partial charge in [0.05, 0.1) is 12.1 Å². The van der Waals surface area contributed by atoms with Crippen LogP contribution in [0, 0.1) is 0 Å². The summed E-state index contributed by atoms with van der Waals surface area (Å²) in [6.45, 7) is 4.95. The summed E-state index contributed by atoms with van der Waals surface area (Å²) in [7, 11) is 0. The van der Waals surface area contributed by atoms with Crippen LogP contribution in [0.3, 0.4) is 0 Å². The second kappa shape index (κ2) is 7.38. The van der Waals surface area contributed by atoms with Crippen LogP contribution in [0.5, 0.6) is 5.75 Å². The average Bonchev–Trinajstić information content (AvgIpc) is 3.44. The summed E-state index contributed by atoms with van der Waals surface area (Å²) in [5.41, 5.74) is 2.71. The lowest BCUT2D eigenvalue weighted by molar-refractivity contribution is 0.236. The van der Waals surface area contributed by atoms with Gasteiger partial charge in [-0.15, -0.1) is 0 Å². The first kappa shape index (κ1) is 16.9. The summed E-state index contributed by atoms with van der Waals surface area (Å²) in [5, 5.41) is 0. The van der Waals surface area contributed by atoms with E-state index in [-0.39, 0.29) is 5.76 Å². The summed E-state index contributed by atoms with van der Waals surface area (Å²) >= 11 is 0. The number of rotatable bonds is 8. The van der Waals surface area contributed by atoms with E-state index in [4.69, 9.17) is 9.15 Å². The van der Waals surface area contributed by atoms with E-state index in [1.165, 1.54) is 18.4 Å². The first-order chi connectivity index (χ1) is 12.8. The summed E-state index contributed by atoms with van der Waals surface area (Å²) < 4.78 is 12.8. The van der Waals surface area contributed by atoms with E-state index in [0.717, 1.165) is 24.4 Å². The normalized spacial score (nSPS) is 14.2. The van der Waals surface area contributed by atoms with Gasteiger partial charge in [0.1, 0.15) is 5.75 Å². The number of fused-ring (bicyclic) bond motifs is 1. The van der Waals surface area contributed by atoms with E-state index in [1.807, 2.05) is 43.3 Å². The van der Waals surface area contributed by atoms with Crippen LogP contribution in [0.1, 0.15) is 25.3 Å². The van der Waals surface area contributed by atoms with Crippen LogP contribution >= 0.6 is 0 Å². The highest BCUT2D eigenvalue weighted by atomic mass is 16.5. The molecule has 3 aromatic rings. The van der Waals surface area contributed by atoms with Crippen molar-refractivity contribution in [2.45, 2.75) is 38.9 Å². The minimum Gasteiger partial charge on any atom is -0.494 e. The number of benzene rings is 2. The number of nitrogens with zero attached hydrogens (tertiary/aromatic N) is 2. The van der Waals surface area contributed by atoms with Gasteiger partial charge in [-0.25, -0.2) is 4.79 Å². The van der Waals surface area contributed by atoms with Crippen molar-refractivity contribution in [1.29, 1.82) is 0 Å². The van der Waals surface area contributed by atoms with Crippen LogP contribution in [-0.4, -0.2) is 28.7 Å². The third-order valence-corrected chi connectivity index (χ3v) is 4.89. The molecule has 136 valence electrons. The second-order valence-electron chi connectivity index (χ2n) is 6.73. The molecule has 4 rings (SSSR count). The van der Waals surface area contributed by atoms with Crippen LogP contribution in [0.15, 0.2) is 57.7 Å². The molecule has 0 N–H and O–H groups in total. The van der Waals surface area contributed by atoms with Crippen LogP contribution in [0.25, 0.3) is 11.1 Å². The SMILES string of the molecule is CCOc1ccccc1CN(CCn1c(=O)oc2ccccc21)C1CC1. The molecular formula is C21H24N2O3. The Labute approximate surface area is 152 Å². The molecule has 0 unspecified atom stereocenters. The fourth-order valence-electron chi connectivity index (χ4n) is 3.43. The van der Waals surface area contributed by atoms with Crippen molar-refractivity contribution < 1.29 is 9.15 Å². The van der Waals surface area contributed by atoms with Gasteiger partial charge in [-0.2, -0.15) is 0 Å². The van der Waals surface area contributed by atoms with E-state index in [1.54, 1.807) is 4.57 Å². The van der Waals surface area contributed by atoms with Crippen molar-refractivity contribution in [2.75, 3.05) is 13.2 Å². The Morgan fingerprint density at radius 2 is 1.92 bits per heavy atom. The van der Waals surface area contributed by atoms with Crippen LogP contribution < -0.4 is 10.5 Å². The fraction of sp³-hybridized carbons (Fsp3) is 0.381. The Morgan fingerprint density at radius 3 is 2.73 bits per heavy atom. The molecule has 0 spiro atoms. The van der Waals surface area contributed by atoms with Gasteiger partial charge < -0.3 is 9.15 Å². The lowest BCUT2D eigenvalue weighted by atomic mass is 10.2. The maximum Gasteiger partial charge on any atom is 0.419 e. The smallest absolute Gasteiger partial charge is 0.419 e. The molecule has 1 aromatic heterocycles. The van der Waals surface area contributed by atoms with Gasteiger partial charge in [0, 0.05) is 31.2 Å². The Bertz CT molecular complexity index is 940. The molecule has 2 aromatic carbocycles. The van der Waals surface area contributed by atoms with Crippen molar-refractivity contribution >= 4 is 11.1 Å². The topological polar surface area (TPSA) is 47.6 Å². The van der Waals surface area contributed by atoms with Crippen LogP contribution in [-0.2, 0) is 13.1 Å². The van der Waals surface area contributed by atoms with Crippen LogP contribution in [0.4, 0.5) is 0 Å². The highest BCUT2D eigenvalue weighted by Crippen LogP contribution is 2.30. The molecule has 5 nitrogen and oxygen atoms in total. The lowest BCUT2D eigenvalue weighted by Crippen LogP contribution is -2.31. The quantitative estimate of drug-likeness (QED) is 0.621. The third-order valence-electron chi connectivity index (χ3n) is 4.89. The van der Waals surface area contributed by atoms with Crippen LogP contribution in [0.2, 0.25) is 0 Å². The number of oxazole rings is 1. The first-order valence-corrected chi connectivity index (χ1v) is 9.29. The molecule has 0 saturated heterocycles. The molecule has 1 aliphatic carbocycles. The number of para-hydroxylation sites is 3. The van der Waals surface area contributed by atoms with Crippen molar-refractivity contribution in [2.24, 2.45) is 0 Å². The third kappa shape index (κ3) is 3.53. The van der Waals surface area contributed by atoms with Crippen molar-refractivity contribution in [1.82, 2.24) is 9.47 Å². The second-order valence-corrected chi connectivity index (χ2v) is 6.73. The van der Waals surface area contributed by atoms with Gasteiger partial charge in [-0.1, -0.05) is 30.3 Å². The highest BCUT2D eigenvalue weighted by Gasteiger charge is 2.29. The van der Waals surface area contributed by atoms with Gasteiger partial charge >= 0.3 is 5.76 Å². The maximum absolute atomic E-state index is 12.2. The Hall–Kier alpha value is -2.53. The van der Waals surface area contributed by atoms with E-state index < -0.39 is 0 Å². The van der Waals surface area contributed by atoms with Gasteiger partial charge in [0.25, 0.3) is 0 Å². The molecule has 1 fully saturated rings. The van der Waals surface area contributed by atoms with Crippen molar-refractivity contribution in [3.05, 3.63) is 64.6 Å². The predicted octanol–water partition coefficient (Wildman–Crippen LogP) is 3.66. The predicted molar refractivity (Wildman–Crippen MR) is 102 cm³/mol. The summed E-state index contributed by atoms with van der Waals surface area (Å²) in [6, 6.07) is 16.4. The largest absolute Gasteiger partial charge is 0.494 e. The van der Waals surface area contributed by atoms with Crippen molar-refractivity contribution in [3.8, 4) is 5.75 Å². The molecule has 0 atom stereocenters. The molecular weight excluding hydrogens is 328 g/mol. The number of aromatic nitrogens is 1. The molecule has 0 bridgehead atoms. The Balaban J connectivity index is 1.51. The molecule has 0 aliphatic heterocycles. The van der Waals surface area contributed by atoms with E-state index in [9.17, 15) is 4.79 Å². The monoisotopic (exact) mass is 352 g/mol. The minimum atomic E-state index is -0.281. The molecule has 1 saturated carbocycles. The highest BCUT2D eigenvalue weighted by molar-refractivity contribution is 5.72. The molecule has 5 heteroatoms. The number of ether oxygens (including phenoxy) is 1. The zero-order valence-electron chi connectivity index (χ0n) is 15.1. The number of hydrogen-bond donors (Lipinski definition) is 0. The molecule has 0 amide bonds. The first-order valence-electron chi connectivity index (χ1n) is 9.29. The zero-order valence-corrected chi connectivity index (χ0v) is 15.1. The fourth-order valence-corrected chi connectivity index (χ4v) is 3.43. The molecule has 0 radical (unpaired) electrons. The standard InChI is InChI=1S/C21H24N2O3/c1-2-25-19-9-5-3-7-16(19)15-22(17-11-12-17)13-14-23-18-8-4-6-10-20(18)26-21(23)24/h3-10,17H,2,11-15H2,1H3. The number of hydrogen-bond acceptors (Lipinski definition) is 4. The molecule has 1 heterocycles. The minimum absolute atomic E-state index is 0.281. The zero-order chi connectivity index (χ0) is 17.9. The Kier molecular flexibility index (Phi) is 4.80. The summed E-state index contributed by atoms with van der Waals surface area (Å²) in [4.78, 5) is 14.6. The van der Waals surface area contributed by atoms with Gasteiger partial charge in [0.2, 0.25) is 0 Å². The van der Waals surface area contributed by atoms with Gasteiger partial charge in [0.15, 0.2) is 5.58 Å². The van der Waals surface area contributed by atoms with Crippen molar-refractivity contribution in [3.63, 3.8) is 0 Å². The maximum atomic E-state index is 12.2. The van der Waals surface area contributed by atoms with Gasteiger partial charge in [-0.05, 0) is 38.0 Å².